The van der Waals surface area contributed by atoms with Gasteiger partial charge in [0, 0.05) is 20.8 Å². The van der Waals surface area contributed by atoms with Crippen molar-refractivity contribution in [2.45, 2.75) is 37.3 Å². The zero-order chi connectivity index (χ0) is 13.3. The molecule has 98 valence electrons. The molecule has 3 nitrogen and oxygen atoms in total. The molecule has 2 rings (SSSR count). The predicted molar refractivity (Wildman–Crippen MR) is 80.2 cm³/mol. The van der Waals surface area contributed by atoms with Crippen molar-refractivity contribution < 1.29 is 4.42 Å². The van der Waals surface area contributed by atoms with Crippen molar-refractivity contribution in [3.8, 4) is 0 Å². The van der Waals surface area contributed by atoms with E-state index in [1.54, 1.807) is 23.1 Å². The number of hydrogen-bond donors (Lipinski definition) is 1. The molecule has 0 saturated heterocycles. The maximum Gasteiger partial charge on any atom is 0.256 e. The van der Waals surface area contributed by atoms with Crippen LogP contribution in [0, 0.1) is 13.8 Å². The highest BCUT2D eigenvalue weighted by atomic mass is 79.9. The van der Waals surface area contributed by atoms with Gasteiger partial charge in [-0.05, 0) is 42.8 Å². The highest BCUT2D eigenvalue weighted by Crippen LogP contribution is 2.40. The summed E-state index contributed by atoms with van der Waals surface area (Å²) in [6, 6.07) is 2.14. The van der Waals surface area contributed by atoms with Gasteiger partial charge in [-0.15, -0.1) is 11.3 Å². The zero-order valence-electron chi connectivity index (χ0n) is 10.4. The van der Waals surface area contributed by atoms with Crippen molar-refractivity contribution in [1.82, 2.24) is 4.98 Å². The van der Waals surface area contributed by atoms with Crippen LogP contribution >= 0.6 is 39.0 Å². The molecule has 0 aliphatic carbocycles. The standard InChI is InChI=1S/C12H15BrN2OS2/c1-6(14)11(10-4-9(13)5-17-10)18-12-15-7(2)8(3)16-12/h4-6,11H,14H2,1-3H3. The topological polar surface area (TPSA) is 52.0 Å². The summed E-state index contributed by atoms with van der Waals surface area (Å²) in [7, 11) is 0. The molecule has 0 radical (unpaired) electrons. The molecule has 2 heterocycles. The van der Waals surface area contributed by atoms with Crippen LogP contribution in [0.3, 0.4) is 0 Å². The molecule has 0 saturated carbocycles. The van der Waals surface area contributed by atoms with Crippen LogP contribution in [0.15, 0.2) is 25.6 Å². The maximum absolute atomic E-state index is 6.07. The Morgan fingerprint density at radius 2 is 2.22 bits per heavy atom. The first-order valence-electron chi connectivity index (χ1n) is 5.57. The third kappa shape index (κ3) is 3.17. The van der Waals surface area contributed by atoms with Crippen LogP contribution in [0.2, 0.25) is 0 Å². The highest BCUT2D eigenvalue weighted by Gasteiger charge is 2.22. The van der Waals surface area contributed by atoms with E-state index in [4.69, 9.17) is 10.2 Å². The number of nitrogens with zero attached hydrogens (tertiary/aromatic N) is 1. The van der Waals surface area contributed by atoms with Gasteiger partial charge in [0.1, 0.15) is 5.76 Å². The lowest BCUT2D eigenvalue weighted by Crippen LogP contribution is -2.21. The SMILES string of the molecule is Cc1nc(SC(c2cc(Br)cs2)C(C)N)oc1C. The van der Waals surface area contributed by atoms with Gasteiger partial charge in [0.25, 0.3) is 5.22 Å². The first kappa shape index (κ1) is 14.1. The molecule has 2 unspecified atom stereocenters. The summed E-state index contributed by atoms with van der Waals surface area (Å²) < 4.78 is 6.70. The summed E-state index contributed by atoms with van der Waals surface area (Å²) in [5, 5.41) is 2.92. The van der Waals surface area contributed by atoms with E-state index in [0.717, 1.165) is 15.9 Å². The number of rotatable bonds is 4. The number of aryl methyl sites for hydroxylation is 2. The Labute approximate surface area is 123 Å². The van der Waals surface area contributed by atoms with E-state index in [9.17, 15) is 0 Å². The van der Waals surface area contributed by atoms with Gasteiger partial charge < -0.3 is 10.2 Å². The molecule has 0 bridgehead atoms. The van der Waals surface area contributed by atoms with E-state index < -0.39 is 0 Å². The van der Waals surface area contributed by atoms with Crippen molar-refractivity contribution in [2.75, 3.05) is 0 Å². The fraction of sp³-hybridized carbons (Fsp3) is 0.417. The van der Waals surface area contributed by atoms with Gasteiger partial charge in [-0.25, -0.2) is 4.98 Å². The quantitative estimate of drug-likeness (QED) is 0.838. The molecule has 0 aromatic carbocycles. The van der Waals surface area contributed by atoms with Crippen molar-refractivity contribution in [3.63, 3.8) is 0 Å². The van der Waals surface area contributed by atoms with Crippen molar-refractivity contribution in [3.05, 3.63) is 32.3 Å². The van der Waals surface area contributed by atoms with Gasteiger partial charge in [0.05, 0.1) is 10.9 Å². The fourth-order valence-corrected chi connectivity index (χ4v) is 4.33. The van der Waals surface area contributed by atoms with E-state index in [-0.39, 0.29) is 11.3 Å². The normalized spacial score (nSPS) is 14.7. The Morgan fingerprint density at radius 1 is 1.50 bits per heavy atom. The number of halogens is 1. The molecule has 0 aliphatic heterocycles. The number of oxazole rings is 1. The van der Waals surface area contributed by atoms with Gasteiger partial charge in [-0.3, -0.25) is 0 Å². The fourth-order valence-electron chi connectivity index (χ4n) is 1.50. The minimum Gasteiger partial charge on any atom is -0.437 e. The van der Waals surface area contributed by atoms with Crippen LogP contribution in [0.5, 0.6) is 0 Å². The molecular weight excluding hydrogens is 332 g/mol. The number of nitrogens with two attached hydrogens (primary N) is 1. The Kier molecular flexibility index (Phi) is 4.53. The molecule has 2 aromatic rings. The van der Waals surface area contributed by atoms with Crippen molar-refractivity contribution in [2.24, 2.45) is 5.73 Å². The van der Waals surface area contributed by atoms with E-state index in [1.165, 1.54) is 4.88 Å². The lowest BCUT2D eigenvalue weighted by atomic mass is 10.2. The lowest BCUT2D eigenvalue weighted by molar-refractivity contribution is 0.429. The van der Waals surface area contributed by atoms with Crippen molar-refractivity contribution in [1.29, 1.82) is 0 Å². The Hall–Kier alpha value is -0.300. The minimum atomic E-state index is 0.0352. The molecule has 0 spiro atoms. The molecule has 0 fully saturated rings. The van der Waals surface area contributed by atoms with E-state index in [1.807, 2.05) is 20.8 Å². The van der Waals surface area contributed by atoms with Gasteiger partial charge in [-0.2, -0.15) is 0 Å². The maximum atomic E-state index is 6.07. The largest absolute Gasteiger partial charge is 0.437 e. The minimum absolute atomic E-state index is 0.0352. The molecule has 6 heteroatoms. The molecule has 2 atom stereocenters. The number of thioether (sulfide) groups is 1. The highest BCUT2D eigenvalue weighted by molar-refractivity contribution is 9.10. The molecular formula is C12H15BrN2OS2. The predicted octanol–water partition coefficient (Wildman–Crippen LogP) is 4.30. The molecule has 2 N–H and O–H groups in total. The smallest absolute Gasteiger partial charge is 0.256 e. The summed E-state index contributed by atoms with van der Waals surface area (Å²) in [5.74, 6) is 0.869. The van der Waals surface area contributed by atoms with E-state index in [2.05, 4.69) is 32.4 Å². The average molecular weight is 347 g/mol. The van der Waals surface area contributed by atoms with Crippen molar-refractivity contribution >= 4 is 39.0 Å². The summed E-state index contributed by atoms with van der Waals surface area (Å²) in [6.07, 6.45) is 0. The molecule has 0 aliphatic rings. The third-order valence-corrected chi connectivity index (χ3v) is 5.82. The Balaban J connectivity index is 2.21. The van der Waals surface area contributed by atoms with E-state index >= 15 is 0 Å². The monoisotopic (exact) mass is 346 g/mol. The Morgan fingerprint density at radius 3 is 2.67 bits per heavy atom. The Bertz CT molecular complexity index is 516. The van der Waals surface area contributed by atoms with Crippen LogP contribution in [0.1, 0.15) is 28.5 Å². The summed E-state index contributed by atoms with van der Waals surface area (Å²) in [4.78, 5) is 5.63. The van der Waals surface area contributed by atoms with Crippen LogP contribution in [0.4, 0.5) is 0 Å². The van der Waals surface area contributed by atoms with Gasteiger partial charge in [0.15, 0.2) is 0 Å². The first-order valence-corrected chi connectivity index (χ1v) is 8.13. The first-order chi connectivity index (χ1) is 8.47. The van der Waals surface area contributed by atoms with Crippen LogP contribution in [-0.4, -0.2) is 11.0 Å². The number of aromatic nitrogens is 1. The van der Waals surface area contributed by atoms with Crippen LogP contribution in [-0.2, 0) is 0 Å². The van der Waals surface area contributed by atoms with Gasteiger partial charge in [0.2, 0.25) is 0 Å². The number of thiophene rings is 1. The second-order valence-corrected chi connectivity index (χ2v) is 7.14. The average Bonchev–Trinajstić information content (AvgIpc) is 2.83. The van der Waals surface area contributed by atoms with Crippen LogP contribution < -0.4 is 5.73 Å². The summed E-state index contributed by atoms with van der Waals surface area (Å²) in [6.45, 7) is 5.88. The lowest BCUT2D eigenvalue weighted by Gasteiger charge is -2.16. The van der Waals surface area contributed by atoms with E-state index in [0.29, 0.717) is 5.22 Å². The number of hydrogen-bond acceptors (Lipinski definition) is 5. The summed E-state index contributed by atoms with van der Waals surface area (Å²) >= 11 is 6.76. The van der Waals surface area contributed by atoms with Gasteiger partial charge in [-0.1, -0.05) is 11.8 Å². The second-order valence-electron chi connectivity index (χ2n) is 4.19. The molecule has 18 heavy (non-hydrogen) atoms. The zero-order valence-corrected chi connectivity index (χ0v) is 13.7. The summed E-state index contributed by atoms with van der Waals surface area (Å²) in [5.41, 5.74) is 7.01. The third-order valence-electron chi connectivity index (χ3n) is 2.58. The molecule has 2 aromatic heterocycles. The second kappa shape index (κ2) is 5.77. The molecule has 0 amide bonds. The van der Waals surface area contributed by atoms with Gasteiger partial charge >= 0.3 is 0 Å². The van der Waals surface area contributed by atoms with Crippen LogP contribution in [0.25, 0.3) is 0 Å².